The molecule has 0 amide bonds. The molecule has 1 atom stereocenters. The molecule has 16 heavy (non-hydrogen) atoms. The summed E-state index contributed by atoms with van der Waals surface area (Å²) in [6, 6.07) is 2.55. The molecule has 1 unspecified atom stereocenters. The number of hydrogen-bond donors (Lipinski definition) is 1. The minimum Gasteiger partial charge on any atom is -0.364 e. The maximum absolute atomic E-state index is 4.88. The highest BCUT2D eigenvalue weighted by Gasteiger charge is 2.31. The van der Waals surface area contributed by atoms with Crippen LogP contribution in [0.15, 0.2) is 16.9 Å². The Morgan fingerprint density at radius 1 is 1.62 bits per heavy atom. The zero-order valence-corrected chi connectivity index (χ0v) is 10.4. The van der Waals surface area contributed by atoms with E-state index in [1.165, 1.54) is 6.42 Å². The number of aromatic nitrogens is 1. The van der Waals surface area contributed by atoms with Crippen molar-refractivity contribution in [3.8, 4) is 0 Å². The van der Waals surface area contributed by atoms with Crippen LogP contribution in [0, 0.1) is 0 Å². The van der Waals surface area contributed by atoms with Crippen molar-refractivity contribution in [2.45, 2.75) is 45.3 Å². The second-order valence-electron chi connectivity index (χ2n) is 5.22. The summed E-state index contributed by atoms with van der Waals surface area (Å²) in [5, 5.41) is 7.57. The fourth-order valence-electron chi connectivity index (χ4n) is 2.33. The Kier molecular flexibility index (Phi) is 3.30. The summed E-state index contributed by atoms with van der Waals surface area (Å²) < 4.78 is 4.88. The van der Waals surface area contributed by atoms with Crippen LogP contribution in [-0.2, 0) is 6.54 Å². The molecule has 0 aliphatic carbocycles. The van der Waals surface area contributed by atoms with Crippen LogP contribution in [0.4, 0.5) is 0 Å². The van der Waals surface area contributed by atoms with E-state index in [2.05, 4.69) is 36.1 Å². The van der Waals surface area contributed by atoms with Crippen LogP contribution in [0.3, 0.4) is 0 Å². The Morgan fingerprint density at radius 2 is 2.44 bits per heavy atom. The third kappa shape index (κ3) is 2.62. The van der Waals surface area contributed by atoms with Crippen LogP contribution in [-0.4, -0.2) is 34.7 Å². The van der Waals surface area contributed by atoms with Gasteiger partial charge in [-0.1, -0.05) is 12.1 Å². The first-order valence-electron chi connectivity index (χ1n) is 5.99. The van der Waals surface area contributed by atoms with Gasteiger partial charge in [0.15, 0.2) is 0 Å². The Bertz CT molecular complexity index is 321. The van der Waals surface area contributed by atoms with Crippen LogP contribution in [0.25, 0.3) is 0 Å². The van der Waals surface area contributed by atoms with Gasteiger partial charge in [0.25, 0.3) is 0 Å². The van der Waals surface area contributed by atoms with Crippen molar-refractivity contribution in [1.29, 1.82) is 0 Å². The second kappa shape index (κ2) is 4.55. The molecule has 1 aromatic heterocycles. The molecule has 4 nitrogen and oxygen atoms in total. The average molecular weight is 223 g/mol. The molecule has 0 radical (unpaired) electrons. The number of piperazine rings is 1. The first-order valence-corrected chi connectivity index (χ1v) is 5.99. The van der Waals surface area contributed by atoms with E-state index in [-0.39, 0.29) is 5.54 Å². The SMILES string of the molecule is CCC1CNC(C)(C)CN1Cc1ccon1. The molecule has 2 rings (SSSR count). The number of nitrogens with one attached hydrogen (secondary N) is 1. The van der Waals surface area contributed by atoms with Gasteiger partial charge in [-0.2, -0.15) is 0 Å². The van der Waals surface area contributed by atoms with Crippen molar-refractivity contribution < 1.29 is 4.52 Å². The van der Waals surface area contributed by atoms with E-state index in [0.29, 0.717) is 6.04 Å². The monoisotopic (exact) mass is 223 g/mol. The third-order valence-corrected chi connectivity index (χ3v) is 3.26. The van der Waals surface area contributed by atoms with Crippen molar-refractivity contribution in [2.75, 3.05) is 13.1 Å². The van der Waals surface area contributed by atoms with Crippen LogP contribution >= 0.6 is 0 Å². The van der Waals surface area contributed by atoms with Gasteiger partial charge in [-0.05, 0) is 20.3 Å². The molecule has 1 aliphatic heterocycles. The number of nitrogens with zero attached hydrogens (tertiary/aromatic N) is 2. The molecule has 1 N–H and O–H groups in total. The third-order valence-electron chi connectivity index (χ3n) is 3.26. The summed E-state index contributed by atoms with van der Waals surface area (Å²) in [5.41, 5.74) is 1.21. The van der Waals surface area contributed by atoms with Gasteiger partial charge in [0.05, 0.1) is 5.69 Å². The first-order chi connectivity index (χ1) is 7.61. The highest BCUT2D eigenvalue weighted by Crippen LogP contribution is 2.19. The molecule has 1 saturated heterocycles. The summed E-state index contributed by atoms with van der Waals surface area (Å²) in [6.45, 7) is 9.73. The fourth-order valence-corrected chi connectivity index (χ4v) is 2.33. The first kappa shape index (κ1) is 11.6. The zero-order chi connectivity index (χ0) is 11.6. The van der Waals surface area contributed by atoms with E-state index in [1.54, 1.807) is 6.26 Å². The van der Waals surface area contributed by atoms with Gasteiger partial charge in [-0.25, -0.2) is 0 Å². The van der Waals surface area contributed by atoms with Crippen molar-refractivity contribution in [2.24, 2.45) is 0 Å². The Morgan fingerprint density at radius 3 is 3.06 bits per heavy atom. The normalized spacial score (nSPS) is 25.8. The maximum Gasteiger partial charge on any atom is 0.124 e. The summed E-state index contributed by atoms with van der Waals surface area (Å²) in [7, 11) is 0. The molecule has 0 bridgehead atoms. The van der Waals surface area contributed by atoms with Crippen molar-refractivity contribution in [3.63, 3.8) is 0 Å². The molecule has 2 heterocycles. The highest BCUT2D eigenvalue weighted by molar-refractivity contribution is 4.99. The van der Waals surface area contributed by atoms with Crippen LogP contribution in [0.1, 0.15) is 32.9 Å². The van der Waals surface area contributed by atoms with E-state index in [9.17, 15) is 0 Å². The van der Waals surface area contributed by atoms with E-state index in [4.69, 9.17) is 4.52 Å². The van der Waals surface area contributed by atoms with E-state index in [0.717, 1.165) is 25.3 Å². The second-order valence-corrected chi connectivity index (χ2v) is 5.22. The van der Waals surface area contributed by atoms with Gasteiger partial charge in [0.2, 0.25) is 0 Å². The lowest BCUT2D eigenvalue weighted by Gasteiger charge is -2.44. The predicted molar refractivity (Wildman–Crippen MR) is 63.1 cm³/mol. The zero-order valence-electron chi connectivity index (χ0n) is 10.4. The summed E-state index contributed by atoms with van der Waals surface area (Å²) in [5.74, 6) is 0. The molecule has 1 aromatic rings. The van der Waals surface area contributed by atoms with Gasteiger partial charge >= 0.3 is 0 Å². The van der Waals surface area contributed by atoms with Gasteiger partial charge in [0, 0.05) is 37.3 Å². The molecule has 0 spiro atoms. The van der Waals surface area contributed by atoms with Crippen molar-refractivity contribution in [1.82, 2.24) is 15.4 Å². The van der Waals surface area contributed by atoms with Gasteiger partial charge in [-0.15, -0.1) is 0 Å². The molecule has 0 saturated carbocycles. The summed E-state index contributed by atoms with van der Waals surface area (Å²) in [6.07, 6.45) is 2.81. The number of hydrogen-bond acceptors (Lipinski definition) is 4. The summed E-state index contributed by atoms with van der Waals surface area (Å²) >= 11 is 0. The standard InChI is InChI=1S/C12H21N3O/c1-4-11-7-13-12(2,3)9-15(11)8-10-5-6-16-14-10/h5-6,11,13H,4,7-9H2,1-3H3. The lowest BCUT2D eigenvalue weighted by molar-refractivity contribution is 0.0836. The quantitative estimate of drug-likeness (QED) is 0.845. The minimum absolute atomic E-state index is 0.190. The molecular formula is C12H21N3O. The minimum atomic E-state index is 0.190. The smallest absolute Gasteiger partial charge is 0.124 e. The molecular weight excluding hydrogens is 202 g/mol. The topological polar surface area (TPSA) is 41.3 Å². The highest BCUT2D eigenvalue weighted by atomic mass is 16.5. The summed E-state index contributed by atoms with van der Waals surface area (Å²) in [4.78, 5) is 2.49. The lowest BCUT2D eigenvalue weighted by atomic mass is 9.97. The van der Waals surface area contributed by atoms with Gasteiger partial charge < -0.3 is 9.84 Å². The van der Waals surface area contributed by atoms with Crippen molar-refractivity contribution >= 4 is 0 Å². The van der Waals surface area contributed by atoms with Gasteiger partial charge in [0.1, 0.15) is 6.26 Å². The van der Waals surface area contributed by atoms with Gasteiger partial charge in [-0.3, -0.25) is 4.90 Å². The van der Waals surface area contributed by atoms with Crippen LogP contribution in [0.2, 0.25) is 0 Å². The van der Waals surface area contributed by atoms with Crippen molar-refractivity contribution in [3.05, 3.63) is 18.0 Å². The molecule has 1 fully saturated rings. The largest absolute Gasteiger partial charge is 0.364 e. The molecule has 1 aliphatic rings. The van der Waals surface area contributed by atoms with E-state index in [1.807, 2.05) is 6.07 Å². The predicted octanol–water partition coefficient (Wildman–Crippen LogP) is 1.64. The Hall–Kier alpha value is -0.870. The lowest BCUT2D eigenvalue weighted by Crippen LogP contribution is -2.61. The average Bonchev–Trinajstić information content (AvgIpc) is 2.70. The Labute approximate surface area is 97.0 Å². The molecule has 4 heteroatoms. The maximum atomic E-state index is 4.88. The number of rotatable bonds is 3. The van der Waals surface area contributed by atoms with E-state index < -0.39 is 0 Å². The van der Waals surface area contributed by atoms with E-state index >= 15 is 0 Å². The molecule has 90 valence electrons. The fraction of sp³-hybridized carbons (Fsp3) is 0.750. The van der Waals surface area contributed by atoms with Crippen LogP contribution < -0.4 is 5.32 Å². The Balaban J connectivity index is 2.03. The van der Waals surface area contributed by atoms with Crippen LogP contribution in [0.5, 0.6) is 0 Å². The molecule has 0 aromatic carbocycles.